The van der Waals surface area contributed by atoms with Crippen molar-refractivity contribution < 1.29 is 9.53 Å². The normalized spacial score (nSPS) is 17.1. The molecule has 2 aromatic carbocycles. The molecule has 4 rings (SSSR count). The van der Waals surface area contributed by atoms with Gasteiger partial charge in [-0.3, -0.25) is 4.79 Å². The first kappa shape index (κ1) is 17.8. The summed E-state index contributed by atoms with van der Waals surface area (Å²) in [5.74, 6) is 0.0148. The molecule has 1 unspecified atom stereocenters. The number of morpholine rings is 1. The maximum atomic E-state index is 12.9. The Balaban J connectivity index is 1.48. The number of carbonyl (C=O) groups is 1. The van der Waals surface area contributed by atoms with Gasteiger partial charge in [0.1, 0.15) is 6.10 Å². The fourth-order valence-corrected chi connectivity index (χ4v) is 3.41. The summed E-state index contributed by atoms with van der Waals surface area (Å²) in [6.45, 7) is 3.63. The Labute approximate surface area is 163 Å². The van der Waals surface area contributed by atoms with Crippen molar-refractivity contribution in [1.29, 1.82) is 0 Å². The summed E-state index contributed by atoms with van der Waals surface area (Å²) in [4.78, 5) is 14.8. The number of nitrogens with zero attached hydrogens (tertiary/aromatic N) is 3. The number of amides is 1. The highest BCUT2D eigenvalue weighted by molar-refractivity contribution is 6.30. The van der Waals surface area contributed by atoms with Gasteiger partial charge in [-0.05, 0) is 55.0 Å². The third-order valence-electron chi connectivity index (χ3n) is 4.79. The minimum Gasteiger partial charge on any atom is -0.370 e. The van der Waals surface area contributed by atoms with Gasteiger partial charge in [-0.1, -0.05) is 23.7 Å². The molecule has 1 aliphatic rings. The maximum absolute atomic E-state index is 12.9. The lowest BCUT2D eigenvalue weighted by Gasteiger charge is -2.33. The van der Waals surface area contributed by atoms with Gasteiger partial charge in [-0.2, -0.15) is 5.10 Å². The van der Waals surface area contributed by atoms with Crippen molar-refractivity contribution in [3.63, 3.8) is 0 Å². The zero-order valence-corrected chi connectivity index (χ0v) is 15.8. The molecule has 0 N–H and O–H groups in total. The van der Waals surface area contributed by atoms with E-state index >= 15 is 0 Å². The molecule has 3 aromatic rings. The van der Waals surface area contributed by atoms with Gasteiger partial charge in [0.15, 0.2) is 0 Å². The second-order valence-corrected chi connectivity index (χ2v) is 7.03. The number of ether oxygens (including phenoxy) is 1. The van der Waals surface area contributed by atoms with E-state index < -0.39 is 0 Å². The molecule has 1 atom stereocenters. The standard InChI is InChI=1S/C21H20ClN3O2/c1-15-10-11-23-25(15)19-8-4-17(5-9-19)21(26)24-12-13-27-20(14-24)16-2-6-18(22)7-3-16/h2-11,20H,12-14H2,1H3. The number of aryl methyl sites for hydroxylation is 1. The Morgan fingerprint density at radius 1 is 1.11 bits per heavy atom. The Bertz CT molecular complexity index is 935. The number of aromatic nitrogens is 2. The van der Waals surface area contributed by atoms with E-state index in [1.807, 2.05) is 71.1 Å². The van der Waals surface area contributed by atoms with Crippen molar-refractivity contribution in [1.82, 2.24) is 14.7 Å². The fourth-order valence-electron chi connectivity index (χ4n) is 3.28. The summed E-state index contributed by atoms with van der Waals surface area (Å²) in [5, 5.41) is 4.99. The third-order valence-corrected chi connectivity index (χ3v) is 5.04. The van der Waals surface area contributed by atoms with Crippen LogP contribution in [0.4, 0.5) is 0 Å². The Hall–Kier alpha value is -2.63. The van der Waals surface area contributed by atoms with Crippen molar-refractivity contribution in [3.8, 4) is 5.69 Å². The number of carbonyl (C=O) groups excluding carboxylic acids is 1. The summed E-state index contributed by atoms with van der Waals surface area (Å²) < 4.78 is 7.70. The van der Waals surface area contributed by atoms with Crippen LogP contribution in [0.5, 0.6) is 0 Å². The van der Waals surface area contributed by atoms with Crippen LogP contribution in [0.25, 0.3) is 5.69 Å². The number of hydrogen-bond donors (Lipinski definition) is 0. The number of halogens is 1. The molecule has 0 saturated carbocycles. The van der Waals surface area contributed by atoms with Gasteiger partial charge in [-0.15, -0.1) is 0 Å². The minimum atomic E-state index is -0.133. The van der Waals surface area contributed by atoms with Crippen LogP contribution in [-0.2, 0) is 4.74 Å². The number of benzene rings is 2. The molecule has 1 saturated heterocycles. The van der Waals surface area contributed by atoms with E-state index in [9.17, 15) is 4.79 Å². The lowest BCUT2D eigenvalue weighted by molar-refractivity contribution is -0.0228. The van der Waals surface area contributed by atoms with Crippen LogP contribution in [-0.4, -0.2) is 40.3 Å². The average Bonchev–Trinajstić information content (AvgIpc) is 3.14. The second-order valence-electron chi connectivity index (χ2n) is 6.59. The van der Waals surface area contributed by atoms with Gasteiger partial charge in [0.2, 0.25) is 0 Å². The van der Waals surface area contributed by atoms with Gasteiger partial charge in [0, 0.05) is 29.0 Å². The van der Waals surface area contributed by atoms with Crippen LogP contribution in [0.2, 0.25) is 5.02 Å². The van der Waals surface area contributed by atoms with Crippen LogP contribution in [0.15, 0.2) is 60.8 Å². The number of rotatable bonds is 3. The van der Waals surface area contributed by atoms with Crippen LogP contribution < -0.4 is 0 Å². The molecule has 0 bridgehead atoms. The van der Waals surface area contributed by atoms with Gasteiger partial charge in [0.05, 0.1) is 18.8 Å². The van der Waals surface area contributed by atoms with Gasteiger partial charge < -0.3 is 9.64 Å². The molecule has 1 aliphatic heterocycles. The Morgan fingerprint density at radius 2 is 1.85 bits per heavy atom. The van der Waals surface area contributed by atoms with Crippen molar-refractivity contribution in [2.45, 2.75) is 13.0 Å². The van der Waals surface area contributed by atoms with Crippen molar-refractivity contribution in [2.75, 3.05) is 19.7 Å². The zero-order chi connectivity index (χ0) is 18.8. The lowest BCUT2D eigenvalue weighted by atomic mass is 10.1. The Kier molecular flexibility index (Phi) is 4.97. The second kappa shape index (κ2) is 7.55. The average molecular weight is 382 g/mol. The van der Waals surface area contributed by atoms with E-state index in [4.69, 9.17) is 16.3 Å². The van der Waals surface area contributed by atoms with Crippen LogP contribution >= 0.6 is 11.6 Å². The molecule has 138 valence electrons. The van der Waals surface area contributed by atoms with E-state index in [1.54, 1.807) is 6.20 Å². The zero-order valence-electron chi connectivity index (χ0n) is 15.0. The first-order valence-corrected chi connectivity index (χ1v) is 9.27. The third kappa shape index (κ3) is 3.75. The molecule has 5 nitrogen and oxygen atoms in total. The maximum Gasteiger partial charge on any atom is 0.254 e. The van der Waals surface area contributed by atoms with Crippen LogP contribution in [0, 0.1) is 6.92 Å². The summed E-state index contributed by atoms with van der Waals surface area (Å²) in [6, 6.07) is 17.1. The Morgan fingerprint density at radius 3 is 2.52 bits per heavy atom. The first-order chi connectivity index (χ1) is 13.1. The summed E-state index contributed by atoms with van der Waals surface area (Å²) in [6.07, 6.45) is 1.63. The molecule has 0 spiro atoms. The summed E-state index contributed by atoms with van der Waals surface area (Å²) >= 11 is 5.96. The quantitative estimate of drug-likeness (QED) is 0.687. The monoisotopic (exact) mass is 381 g/mol. The van der Waals surface area contributed by atoms with Gasteiger partial charge >= 0.3 is 0 Å². The molecule has 6 heteroatoms. The predicted molar refractivity (Wildman–Crippen MR) is 104 cm³/mol. The van der Waals surface area contributed by atoms with Gasteiger partial charge in [0.25, 0.3) is 5.91 Å². The van der Waals surface area contributed by atoms with Gasteiger partial charge in [-0.25, -0.2) is 4.68 Å². The van der Waals surface area contributed by atoms with Crippen molar-refractivity contribution in [3.05, 3.63) is 82.6 Å². The molecule has 2 heterocycles. The van der Waals surface area contributed by atoms with E-state index in [-0.39, 0.29) is 12.0 Å². The molecule has 0 radical (unpaired) electrons. The molecule has 1 amide bonds. The van der Waals surface area contributed by atoms with Crippen molar-refractivity contribution in [2.24, 2.45) is 0 Å². The molecular formula is C21H20ClN3O2. The summed E-state index contributed by atoms with van der Waals surface area (Å²) in [7, 11) is 0. The fraction of sp³-hybridized carbons (Fsp3) is 0.238. The van der Waals surface area contributed by atoms with E-state index in [2.05, 4.69) is 5.10 Å². The highest BCUT2D eigenvalue weighted by Crippen LogP contribution is 2.25. The van der Waals surface area contributed by atoms with Crippen LogP contribution in [0.1, 0.15) is 27.7 Å². The van der Waals surface area contributed by atoms with E-state index in [0.717, 1.165) is 16.9 Å². The molecule has 27 heavy (non-hydrogen) atoms. The smallest absolute Gasteiger partial charge is 0.254 e. The largest absolute Gasteiger partial charge is 0.370 e. The lowest BCUT2D eigenvalue weighted by Crippen LogP contribution is -2.42. The molecule has 1 aromatic heterocycles. The number of hydrogen-bond acceptors (Lipinski definition) is 3. The minimum absolute atomic E-state index is 0.0148. The molecule has 0 aliphatic carbocycles. The van der Waals surface area contributed by atoms with Crippen LogP contribution in [0.3, 0.4) is 0 Å². The topological polar surface area (TPSA) is 47.4 Å². The van der Waals surface area contributed by atoms with Crippen molar-refractivity contribution >= 4 is 17.5 Å². The molecular weight excluding hydrogens is 362 g/mol. The highest BCUT2D eigenvalue weighted by Gasteiger charge is 2.26. The van der Waals surface area contributed by atoms with E-state index in [0.29, 0.717) is 30.3 Å². The van der Waals surface area contributed by atoms with E-state index in [1.165, 1.54) is 0 Å². The first-order valence-electron chi connectivity index (χ1n) is 8.89. The predicted octanol–water partition coefficient (Wildman–Crippen LogP) is 4.05. The SMILES string of the molecule is Cc1ccnn1-c1ccc(C(=O)N2CCOC(c3ccc(Cl)cc3)C2)cc1. The summed E-state index contributed by atoms with van der Waals surface area (Å²) in [5.41, 5.74) is 3.69. The highest BCUT2D eigenvalue weighted by atomic mass is 35.5. The molecule has 1 fully saturated rings.